The van der Waals surface area contributed by atoms with E-state index in [0.29, 0.717) is 5.69 Å². The molecule has 2 heterocycles. The number of carbonyl (C=O) groups excluding carboxylic acids is 1. The minimum atomic E-state index is -0.337. The number of hydrogen-bond acceptors (Lipinski definition) is 5. The Morgan fingerprint density at radius 1 is 1.56 bits per heavy atom. The average Bonchev–Trinajstić information content (AvgIpc) is 2.89. The molecule has 1 amide bonds. The van der Waals surface area contributed by atoms with Crippen LogP contribution in [0.5, 0.6) is 0 Å². The van der Waals surface area contributed by atoms with Crippen LogP contribution in [0.25, 0.3) is 0 Å². The largest absolute Gasteiger partial charge is 0.338 e. The van der Waals surface area contributed by atoms with Gasteiger partial charge >= 0.3 is 0 Å². The number of nitrogens with one attached hydrogen (secondary N) is 3. The fourth-order valence-electron chi connectivity index (χ4n) is 1.23. The summed E-state index contributed by atoms with van der Waals surface area (Å²) < 4.78 is 0. The maximum absolute atomic E-state index is 11.6. The fraction of sp³-hybridized carbons (Fsp3) is 0.375. The Morgan fingerprint density at radius 3 is 3.12 bits per heavy atom. The van der Waals surface area contributed by atoms with Crippen molar-refractivity contribution in [3.8, 4) is 0 Å². The van der Waals surface area contributed by atoms with E-state index in [1.165, 1.54) is 6.20 Å². The first-order valence-electron chi connectivity index (χ1n) is 4.88. The predicted molar refractivity (Wildman–Crippen MR) is 54.7 cm³/mol. The molecule has 0 aromatic carbocycles. The van der Waals surface area contributed by atoms with E-state index in [1.807, 2.05) is 6.92 Å². The molecule has 0 aliphatic rings. The average molecular weight is 221 g/mol. The van der Waals surface area contributed by atoms with Crippen LogP contribution in [-0.4, -0.2) is 36.5 Å². The van der Waals surface area contributed by atoms with Gasteiger partial charge in [-0.05, 0) is 11.6 Å². The summed E-state index contributed by atoms with van der Waals surface area (Å²) in [5, 5.41) is 15.3. The van der Waals surface area contributed by atoms with E-state index in [0.717, 1.165) is 18.7 Å². The van der Waals surface area contributed by atoms with Crippen LogP contribution in [0.2, 0.25) is 0 Å². The van der Waals surface area contributed by atoms with Gasteiger partial charge in [0.15, 0.2) is 0 Å². The molecule has 2 aromatic heterocycles. The highest BCUT2D eigenvalue weighted by Crippen LogP contribution is 2.02. The molecule has 0 bridgehead atoms. The molecular weight excluding hydrogens is 210 g/mol. The molecular formula is C8H11N7O. The standard InChI is InChI=1S/C8H11N7O/c1-2-3-6-9-4-5(10-6)7(16)11-8-12-14-15-13-8/h4H,2-3H2,1H3,(H,9,10)(H2,11,12,13,14,15,16). The zero-order chi connectivity index (χ0) is 11.4. The SMILES string of the molecule is CCCc1ncc(C(=O)Nc2nn[nH]n2)[nH]1. The Balaban J connectivity index is 2.03. The summed E-state index contributed by atoms with van der Waals surface area (Å²) in [6.07, 6.45) is 3.27. The maximum Gasteiger partial charge on any atom is 0.276 e. The van der Waals surface area contributed by atoms with Gasteiger partial charge in [0.1, 0.15) is 11.5 Å². The van der Waals surface area contributed by atoms with Gasteiger partial charge in [0, 0.05) is 6.42 Å². The Kier molecular flexibility index (Phi) is 2.90. The number of hydrogen-bond donors (Lipinski definition) is 3. The molecule has 2 rings (SSSR count). The molecule has 0 saturated carbocycles. The number of rotatable bonds is 4. The van der Waals surface area contributed by atoms with Crippen LogP contribution in [0, 0.1) is 0 Å². The number of aromatic nitrogens is 6. The van der Waals surface area contributed by atoms with Gasteiger partial charge in [-0.3, -0.25) is 10.1 Å². The maximum atomic E-state index is 11.6. The van der Waals surface area contributed by atoms with E-state index in [9.17, 15) is 4.79 Å². The Hall–Kier alpha value is -2.25. The summed E-state index contributed by atoms with van der Waals surface area (Å²) in [6.45, 7) is 2.04. The first-order valence-corrected chi connectivity index (χ1v) is 4.88. The van der Waals surface area contributed by atoms with Crippen molar-refractivity contribution in [2.24, 2.45) is 0 Å². The summed E-state index contributed by atoms with van der Waals surface area (Å²) in [4.78, 5) is 18.6. The normalized spacial score (nSPS) is 10.3. The molecule has 0 unspecified atom stereocenters. The van der Waals surface area contributed by atoms with Gasteiger partial charge < -0.3 is 4.98 Å². The van der Waals surface area contributed by atoms with Gasteiger partial charge in [-0.15, -0.1) is 5.10 Å². The second-order valence-electron chi connectivity index (χ2n) is 3.18. The molecule has 2 aromatic rings. The van der Waals surface area contributed by atoms with Gasteiger partial charge in [0.2, 0.25) is 0 Å². The lowest BCUT2D eigenvalue weighted by Gasteiger charge is -1.96. The van der Waals surface area contributed by atoms with Crippen molar-refractivity contribution < 1.29 is 4.79 Å². The first-order chi connectivity index (χ1) is 7.79. The molecule has 8 heteroatoms. The molecule has 16 heavy (non-hydrogen) atoms. The third-order valence-electron chi connectivity index (χ3n) is 1.93. The molecule has 3 N–H and O–H groups in total. The molecule has 0 spiro atoms. The molecule has 0 atom stereocenters. The summed E-state index contributed by atoms with van der Waals surface area (Å²) in [7, 11) is 0. The van der Waals surface area contributed by atoms with Crippen molar-refractivity contribution in [1.82, 2.24) is 30.6 Å². The van der Waals surface area contributed by atoms with E-state index in [1.54, 1.807) is 0 Å². The molecule has 0 saturated heterocycles. The van der Waals surface area contributed by atoms with Crippen molar-refractivity contribution in [2.45, 2.75) is 19.8 Å². The van der Waals surface area contributed by atoms with Crippen LogP contribution in [0.1, 0.15) is 29.7 Å². The number of tetrazole rings is 1. The third kappa shape index (κ3) is 2.22. The van der Waals surface area contributed by atoms with Crippen LogP contribution < -0.4 is 5.32 Å². The topological polar surface area (TPSA) is 112 Å². The van der Waals surface area contributed by atoms with Crippen LogP contribution >= 0.6 is 0 Å². The zero-order valence-corrected chi connectivity index (χ0v) is 8.69. The zero-order valence-electron chi connectivity index (χ0n) is 8.69. The second kappa shape index (κ2) is 4.51. The van der Waals surface area contributed by atoms with E-state index in [-0.39, 0.29) is 11.9 Å². The number of carbonyl (C=O) groups is 1. The lowest BCUT2D eigenvalue weighted by atomic mass is 10.3. The molecule has 8 nitrogen and oxygen atoms in total. The van der Waals surface area contributed by atoms with Crippen molar-refractivity contribution in [1.29, 1.82) is 0 Å². The summed E-state index contributed by atoms with van der Waals surface area (Å²) in [6, 6.07) is 0. The van der Waals surface area contributed by atoms with E-state index in [4.69, 9.17) is 0 Å². The van der Waals surface area contributed by atoms with Gasteiger partial charge in [-0.2, -0.15) is 5.21 Å². The monoisotopic (exact) mass is 221 g/mol. The molecule has 0 aliphatic heterocycles. The highest BCUT2D eigenvalue weighted by atomic mass is 16.2. The number of nitrogens with zero attached hydrogens (tertiary/aromatic N) is 4. The van der Waals surface area contributed by atoms with E-state index < -0.39 is 0 Å². The highest BCUT2D eigenvalue weighted by molar-refractivity contribution is 6.01. The Morgan fingerprint density at radius 2 is 2.44 bits per heavy atom. The number of amides is 1. The number of imidazole rings is 1. The van der Waals surface area contributed by atoms with Crippen LogP contribution in [0.15, 0.2) is 6.20 Å². The Labute approximate surface area is 90.9 Å². The van der Waals surface area contributed by atoms with Gasteiger partial charge in [0.05, 0.1) is 6.20 Å². The van der Waals surface area contributed by atoms with Gasteiger partial charge in [-0.1, -0.05) is 12.0 Å². The Bertz CT molecular complexity index is 460. The lowest BCUT2D eigenvalue weighted by molar-refractivity contribution is 0.102. The first kappa shape index (κ1) is 10.3. The van der Waals surface area contributed by atoms with Crippen molar-refractivity contribution in [3.63, 3.8) is 0 Å². The number of H-pyrrole nitrogens is 2. The van der Waals surface area contributed by atoms with Crippen LogP contribution in [0.4, 0.5) is 5.95 Å². The summed E-state index contributed by atoms with van der Waals surface area (Å²) >= 11 is 0. The highest BCUT2D eigenvalue weighted by Gasteiger charge is 2.11. The van der Waals surface area contributed by atoms with Crippen LogP contribution in [-0.2, 0) is 6.42 Å². The van der Waals surface area contributed by atoms with Crippen molar-refractivity contribution in [3.05, 3.63) is 17.7 Å². The summed E-state index contributed by atoms with van der Waals surface area (Å²) in [5.41, 5.74) is 0.383. The third-order valence-corrected chi connectivity index (χ3v) is 1.93. The number of anilines is 1. The minimum Gasteiger partial charge on any atom is -0.338 e. The van der Waals surface area contributed by atoms with E-state index in [2.05, 4.69) is 35.9 Å². The van der Waals surface area contributed by atoms with Crippen molar-refractivity contribution >= 4 is 11.9 Å². The van der Waals surface area contributed by atoms with Crippen LogP contribution in [0.3, 0.4) is 0 Å². The van der Waals surface area contributed by atoms with Crippen molar-refractivity contribution in [2.75, 3.05) is 5.32 Å². The molecule has 84 valence electrons. The number of aromatic amines is 2. The quantitative estimate of drug-likeness (QED) is 0.679. The molecule has 0 aliphatic carbocycles. The summed E-state index contributed by atoms with van der Waals surface area (Å²) in [5.74, 6) is 0.591. The van der Waals surface area contributed by atoms with Gasteiger partial charge in [0.25, 0.3) is 11.9 Å². The number of aryl methyl sites for hydroxylation is 1. The predicted octanol–water partition coefficient (Wildman–Crippen LogP) is 0.128. The fourth-order valence-corrected chi connectivity index (χ4v) is 1.23. The molecule has 0 fully saturated rings. The minimum absolute atomic E-state index is 0.136. The smallest absolute Gasteiger partial charge is 0.276 e. The second-order valence-corrected chi connectivity index (χ2v) is 3.18. The lowest BCUT2D eigenvalue weighted by Crippen LogP contribution is -2.13. The van der Waals surface area contributed by atoms with Gasteiger partial charge in [-0.25, -0.2) is 4.98 Å². The van der Waals surface area contributed by atoms with E-state index >= 15 is 0 Å². The molecule has 0 radical (unpaired) electrons.